The highest BCUT2D eigenvalue weighted by molar-refractivity contribution is 7.91. The van der Waals surface area contributed by atoms with Gasteiger partial charge >= 0.3 is 0 Å². The van der Waals surface area contributed by atoms with Crippen LogP contribution in [0.4, 0.5) is 0 Å². The highest BCUT2D eigenvalue weighted by Crippen LogP contribution is 2.37. The van der Waals surface area contributed by atoms with Crippen molar-refractivity contribution >= 4 is 15.7 Å². The fraction of sp³-hybridized carbons (Fsp3) is 0.588. The highest BCUT2D eigenvalue weighted by atomic mass is 32.2. The van der Waals surface area contributed by atoms with Crippen molar-refractivity contribution in [2.45, 2.75) is 38.6 Å². The van der Waals surface area contributed by atoms with E-state index in [9.17, 15) is 13.2 Å². The lowest BCUT2D eigenvalue weighted by Gasteiger charge is -2.35. The number of fused-ring (bicyclic) bond motifs is 1. The van der Waals surface area contributed by atoms with Gasteiger partial charge < -0.3 is 14.4 Å². The summed E-state index contributed by atoms with van der Waals surface area (Å²) in [4.78, 5) is 14.9. The minimum atomic E-state index is -3.03. The zero-order valence-corrected chi connectivity index (χ0v) is 15.1. The van der Waals surface area contributed by atoms with Gasteiger partial charge in [0, 0.05) is 12.6 Å². The van der Waals surface area contributed by atoms with Gasteiger partial charge in [-0.3, -0.25) is 4.79 Å². The zero-order valence-electron chi connectivity index (χ0n) is 14.2. The molecule has 2 aliphatic heterocycles. The molecule has 1 aromatic rings. The van der Waals surface area contributed by atoms with Crippen molar-refractivity contribution in [3.05, 3.63) is 23.8 Å². The fourth-order valence-corrected chi connectivity index (χ4v) is 5.09. The molecular formula is C17H23NO5S. The molecule has 1 unspecified atom stereocenters. The number of amides is 1. The second kappa shape index (κ2) is 5.95. The Labute approximate surface area is 142 Å². The van der Waals surface area contributed by atoms with Gasteiger partial charge in [-0.15, -0.1) is 0 Å². The predicted octanol–water partition coefficient (Wildman–Crippen LogP) is 1.73. The van der Waals surface area contributed by atoms with Crippen LogP contribution in [-0.4, -0.2) is 50.1 Å². The number of benzene rings is 1. The summed E-state index contributed by atoms with van der Waals surface area (Å²) in [5.74, 6) is 1.47. The number of likely N-dealkylation sites (N-methyl/N-ethyl adjacent to an activating group) is 1. The molecule has 132 valence electrons. The molecule has 7 heteroatoms. The number of sulfone groups is 1. The predicted molar refractivity (Wildman–Crippen MR) is 90.0 cm³/mol. The first-order chi connectivity index (χ1) is 11.2. The zero-order chi connectivity index (χ0) is 17.5. The SMILES string of the molecule is CCN(C(=O)C(C)(C)c1ccc2c(c1)OCO2)C1CCS(=O)(=O)C1. The van der Waals surface area contributed by atoms with Crippen molar-refractivity contribution < 1.29 is 22.7 Å². The molecule has 0 spiro atoms. The normalized spacial score (nSPS) is 21.7. The first kappa shape index (κ1) is 17.1. The molecule has 0 bridgehead atoms. The molecule has 0 aliphatic carbocycles. The minimum absolute atomic E-state index is 0.0593. The molecule has 1 amide bonds. The van der Waals surface area contributed by atoms with E-state index in [-0.39, 0.29) is 30.2 Å². The van der Waals surface area contributed by atoms with Crippen LogP contribution in [0.1, 0.15) is 32.8 Å². The van der Waals surface area contributed by atoms with Crippen LogP contribution in [0.15, 0.2) is 18.2 Å². The Morgan fingerprint density at radius 1 is 1.29 bits per heavy atom. The van der Waals surface area contributed by atoms with Gasteiger partial charge in [0.05, 0.1) is 16.9 Å². The third kappa shape index (κ3) is 2.97. The fourth-order valence-electron chi connectivity index (χ4n) is 3.36. The van der Waals surface area contributed by atoms with E-state index in [2.05, 4.69) is 0 Å². The Morgan fingerprint density at radius 2 is 2.00 bits per heavy atom. The molecule has 2 aliphatic rings. The Bertz CT molecular complexity index is 756. The second-order valence-corrected chi connectivity index (χ2v) is 9.07. The standard InChI is InChI=1S/C17H23NO5S/c1-4-18(13-7-8-24(20,21)10-13)16(19)17(2,3)12-5-6-14-15(9-12)23-11-22-14/h5-6,9,13H,4,7-8,10-11H2,1-3H3. The molecule has 1 atom stereocenters. The van der Waals surface area contributed by atoms with Gasteiger partial charge in [0.15, 0.2) is 21.3 Å². The van der Waals surface area contributed by atoms with Crippen LogP contribution in [0.25, 0.3) is 0 Å². The lowest BCUT2D eigenvalue weighted by molar-refractivity contribution is -0.138. The molecule has 2 heterocycles. The highest BCUT2D eigenvalue weighted by Gasteiger charge is 2.40. The molecular weight excluding hydrogens is 330 g/mol. The Hall–Kier alpha value is -1.76. The summed E-state index contributed by atoms with van der Waals surface area (Å²) < 4.78 is 34.2. The lowest BCUT2D eigenvalue weighted by atomic mass is 9.82. The molecule has 0 radical (unpaired) electrons. The Kier molecular flexibility index (Phi) is 4.23. The van der Waals surface area contributed by atoms with E-state index in [0.29, 0.717) is 24.5 Å². The van der Waals surface area contributed by atoms with Crippen LogP contribution in [0.5, 0.6) is 11.5 Å². The van der Waals surface area contributed by atoms with E-state index in [1.807, 2.05) is 39.0 Å². The second-order valence-electron chi connectivity index (χ2n) is 6.84. The summed E-state index contributed by atoms with van der Waals surface area (Å²) in [5, 5.41) is 0. The summed E-state index contributed by atoms with van der Waals surface area (Å²) in [7, 11) is -3.03. The smallest absolute Gasteiger partial charge is 0.232 e. The third-order valence-electron chi connectivity index (χ3n) is 4.88. The molecule has 24 heavy (non-hydrogen) atoms. The summed E-state index contributed by atoms with van der Waals surface area (Å²) in [5.41, 5.74) is 0.0552. The summed E-state index contributed by atoms with van der Waals surface area (Å²) >= 11 is 0. The van der Waals surface area contributed by atoms with Crippen molar-refractivity contribution in [2.75, 3.05) is 24.8 Å². The third-order valence-corrected chi connectivity index (χ3v) is 6.63. The number of ether oxygens (including phenoxy) is 2. The first-order valence-electron chi connectivity index (χ1n) is 8.16. The number of carbonyl (C=O) groups is 1. The molecule has 0 N–H and O–H groups in total. The molecule has 1 aromatic carbocycles. The largest absolute Gasteiger partial charge is 0.454 e. The van der Waals surface area contributed by atoms with Gasteiger partial charge in [-0.2, -0.15) is 0 Å². The number of nitrogens with zero attached hydrogens (tertiary/aromatic N) is 1. The van der Waals surface area contributed by atoms with Crippen molar-refractivity contribution in [2.24, 2.45) is 0 Å². The molecule has 1 fully saturated rings. The quantitative estimate of drug-likeness (QED) is 0.824. The van der Waals surface area contributed by atoms with Gasteiger partial charge in [-0.1, -0.05) is 6.07 Å². The van der Waals surface area contributed by atoms with Crippen LogP contribution >= 0.6 is 0 Å². The summed E-state index contributed by atoms with van der Waals surface area (Å²) in [6.45, 7) is 6.29. The average Bonchev–Trinajstić information content (AvgIpc) is 3.13. The number of hydrogen-bond donors (Lipinski definition) is 0. The average molecular weight is 353 g/mol. The maximum atomic E-state index is 13.2. The van der Waals surface area contributed by atoms with E-state index >= 15 is 0 Å². The van der Waals surface area contributed by atoms with Crippen LogP contribution in [0.2, 0.25) is 0 Å². The van der Waals surface area contributed by atoms with Crippen molar-refractivity contribution in [1.29, 1.82) is 0 Å². The van der Waals surface area contributed by atoms with Crippen molar-refractivity contribution in [3.63, 3.8) is 0 Å². The molecule has 0 saturated carbocycles. The molecule has 3 rings (SSSR count). The van der Waals surface area contributed by atoms with Gasteiger partial charge in [0.2, 0.25) is 12.7 Å². The van der Waals surface area contributed by atoms with Crippen LogP contribution in [-0.2, 0) is 20.0 Å². The van der Waals surface area contributed by atoms with Crippen molar-refractivity contribution in [3.8, 4) is 11.5 Å². The Balaban J connectivity index is 1.86. The lowest BCUT2D eigenvalue weighted by Crippen LogP contribution is -2.49. The van der Waals surface area contributed by atoms with Crippen molar-refractivity contribution in [1.82, 2.24) is 4.90 Å². The molecule has 0 aromatic heterocycles. The summed E-state index contributed by atoms with van der Waals surface area (Å²) in [6.07, 6.45) is 0.513. The van der Waals surface area contributed by atoms with E-state index in [1.165, 1.54) is 0 Å². The monoisotopic (exact) mass is 353 g/mol. The maximum absolute atomic E-state index is 13.2. The Morgan fingerprint density at radius 3 is 2.62 bits per heavy atom. The summed E-state index contributed by atoms with van der Waals surface area (Å²) in [6, 6.07) is 5.27. The number of rotatable bonds is 4. The van der Waals surface area contributed by atoms with Gasteiger partial charge in [0.1, 0.15) is 0 Å². The van der Waals surface area contributed by atoms with Crippen LogP contribution < -0.4 is 9.47 Å². The number of hydrogen-bond acceptors (Lipinski definition) is 5. The van der Waals surface area contributed by atoms with E-state index in [0.717, 1.165) is 5.56 Å². The number of carbonyl (C=O) groups excluding carboxylic acids is 1. The van der Waals surface area contributed by atoms with Gasteiger partial charge in [0.25, 0.3) is 0 Å². The van der Waals surface area contributed by atoms with Gasteiger partial charge in [-0.25, -0.2) is 8.42 Å². The van der Waals surface area contributed by atoms with E-state index in [4.69, 9.17) is 9.47 Å². The van der Waals surface area contributed by atoms with E-state index < -0.39 is 15.3 Å². The molecule has 6 nitrogen and oxygen atoms in total. The molecule has 1 saturated heterocycles. The maximum Gasteiger partial charge on any atom is 0.232 e. The van der Waals surface area contributed by atoms with Crippen LogP contribution in [0.3, 0.4) is 0 Å². The minimum Gasteiger partial charge on any atom is -0.454 e. The van der Waals surface area contributed by atoms with Crippen LogP contribution in [0, 0.1) is 0 Å². The van der Waals surface area contributed by atoms with Gasteiger partial charge in [-0.05, 0) is 44.9 Å². The first-order valence-corrected chi connectivity index (χ1v) is 9.98. The topological polar surface area (TPSA) is 72.9 Å². The van der Waals surface area contributed by atoms with E-state index in [1.54, 1.807) is 4.90 Å².